The van der Waals surface area contributed by atoms with Crippen LogP contribution in [-0.4, -0.2) is 27.7 Å². The molecule has 0 aromatic carbocycles. The average Bonchev–Trinajstić information content (AvgIpc) is 2.24. The van der Waals surface area contributed by atoms with E-state index in [-0.39, 0.29) is 0 Å². The van der Waals surface area contributed by atoms with Gasteiger partial charge in [0.25, 0.3) is 0 Å². The second-order valence-electron chi connectivity index (χ2n) is 3.25. The van der Waals surface area contributed by atoms with Crippen molar-refractivity contribution in [2.45, 2.75) is 27.7 Å². The highest BCUT2D eigenvalue weighted by atomic mass is 35.6. The second-order valence-corrected chi connectivity index (χ2v) is 5.62. The van der Waals surface area contributed by atoms with Crippen LogP contribution in [0.15, 0.2) is 11.9 Å². The van der Waals surface area contributed by atoms with Gasteiger partial charge in [-0.25, -0.2) is 4.39 Å². The van der Waals surface area contributed by atoms with Gasteiger partial charge >= 0.3 is 23.8 Å². The van der Waals surface area contributed by atoms with Gasteiger partial charge < -0.3 is 0 Å². The molecule has 1 atom stereocenters. The summed E-state index contributed by atoms with van der Waals surface area (Å²) in [6.45, 7) is 0. The van der Waals surface area contributed by atoms with Crippen molar-refractivity contribution >= 4 is 34.8 Å². The van der Waals surface area contributed by atoms with Gasteiger partial charge in [-0.1, -0.05) is 34.8 Å². The van der Waals surface area contributed by atoms with Gasteiger partial charge in [0.05, 0.1) is 0 Å². The highest BCUT2D eigenvalue weighted by molar-refractivity contribution is 6.68. The summed E-state index contributed by atoms with van der Waals surface area (Å²) in [6, 6.07) is 0. The van der Waals surface area contributed by atoms with E-state index in [1.807, 2.05) is 0 Å². The summed E-state index contributed by atoms with van der Waals surface area (Å²) in [5, 5.41) is 0. The zero-order valence-electron chi connectivity index (χ0n) is 8.49. The molecule has 0 nitrogen and oxygen atoms in total. The molecule has 0 aromatic rings. The molecule has 0 spiro atoms. The van der Waals surface area contributed by atoms with Crippen molar-refractivity contribution in [2.75, 3.05) is 0 Å². The van der Waals surface area contributed by atoms with Gasteiger partial charge in [0, 0.05) is 0 Å². The van der Waals surface area contributed by atoms with Crippen LogP contribution in [0, 0.1) is 0 Å². The minimum absolute atomic E-state index is 3.79. The Hall–Kier alpha value is -0.0900. The molecule has 0 fully saturated rings. The van der Waals surface area contributed by atoms with Crippen LogP contribution in [0.3, 0.4) is 0 Å². The predicted octanol–water partition coefficient (Wildman–Crippen LogP) is 5.68. The molecule has 120 valence electrons. The van der Waals surface area contributed by atoms with Gasteiger partial charge in [-0.3, -0.25) is 0 Å². The minimum atomic E-state index is -6.93. The quantitative estimate of drug-likeness (QED) is 0.434. The van der Waals surface area contributed by atoms with Crippen molar-refractivity contribution in [3.8, 4) is 0 Å². The zero-order chi connectivity index (χ0) is 16.7. The minimum Gasteiger partial charge on any atom is -0.236 e. The molecule has 0 saturated heterocycles. The van der Waals surface area contributed by atoms with E-state index < -0.39 is 39.6 Å². The Bertz CT molecular complexity index is 394. The normalized spacial score (nSPS) is 16.1. The van der Waals surface area contributed by atoms with Gasteiger partial charge in [0.15, 0.2) is 0 Å². The van der Waals surface area contributed by atoms with E-state index in [9.17, 15) is 43.9 Å². The lowest BCUT2D eigenvalue weighted by molar-refractivity contribution is -0.317. The number of hydrogen-bond acceptors (Lipinski definition) is 0. The van der Waals surface area contributed by atoms with Crippen molar-refractivity contribution in [3.63, 3.8) is 0 Å². The maximum absolute atomic E-state index is 12.9. The number of hydrogen-bond donors (Lipinski definition) is 0. The summed E-state index contributed by atoms with van der Waals surface area (Å²) >= 11 is 13.5. The molecule has 0 amide bonds. The molecule has 20 heavy (non-hydrogen) atoms. The highest BCUT2D eigenvalue weighted by Crippen LogP contribution is 2.55. The van der Waals surface area contributed by atoms with Crippen molar-refractivity contribution in [1.82, 2.24) is 0 Å². The lowest BCUT2D eigenvalue weighted by Gasteiger charge is -2.35. The number of halogens is 13. The van der Waals surface area contributed by atoms with E-state index in [4.69, 9.17) is 0 Å². The molecule has 0 aromatic heterocycles. The van der Waals surface area contributed by atoms with Crippen molar-refractivity contribution in [3.05, 3.63) is 11.9 Å². The van der Waals surface area contributed by atoms with Crippen LogP contribution < -0.4 is 0 Å². The average molecular weight is 381 g/mol. The van der Waals surface area contributed by atoms with E-state index in [0.717, 1.165) is 0 Å². The first-order valence-corrected chi connectivity index (χ1v) is 5.20. The third-order valence-electron chi connectivity index (χ3n) is 1.86. The summed E-state index contributed by atoms with van der Waals surface area (Å²) in [7, 11) is 0. The molecule has 0 aliphatic rings. The molecule has 0 heterocycles. The lowest BCUT2D eigenvalue weighted by atomic mass is 10.00. The van der Waals surface area contributed by atoms with Gasteiger partial charge in [0.2, 0.25) is 15.8 Å². The van der Waals surface area contributed by atoms with E-state index in [0.29, 0.717) is 0 Å². The van der Waals surface area contributed by atoms with Crippen LogP contribution in [0.25, 0.3) is 0 Å². The van der Waals surface area contributed by atoms with Gasteiger partial charge in [-0.15, -0.1) is 0 Å². The van der Waals surface area contributed by atoms with Gasteiger partial charge in [-0.2, -0.15) is 39.5 Å². The maximum Gasteiger partial charge on any atom is 0.382 e. The molecule has 0 rings (SSSR count). The fraction of sp³-hybridized carbons (Fsp3) is 0.714. The molecule has 13 heteroatoms. The molecule has 1 unspecified atom stereocenters. The summed E-state index contributed by atoms with van der Waals surface area (Å²) < 4.78 is 121. The lowest BCUT2D eigenvalue weighted by Crippen LogP contribution is -2.61. The molecular weight excluding hydrogens is 380 g/mol. The van der Waals surface area contributed by atoms with Gasteiger partial charge in [0.1, 0.15) is 0 Å². The number of allylic oxidation sites excluding steroid dienone is 1. The number of alkyl halides is 10. The van der Waals surface area contributed by atoms with Crippen molar-refractivity contribution in [1.29, 1.82) is 0 Å². The van der Waals surface area contributed by atoms with Crippen LogP contribution >= 0.6 is 34.8 Å². The first-order chi connectivity index (χ1) is 8.51. The Morgan fingerprint density at radius 1 is 0.800 bits per heavy atom. The van der Waals surface area contributed by atoms with E-state index >= 15 is 0 Å². The monoisotopic (exact) mass is 380 g/mol. The topological polar surface area (TPSA) is 0 Å². The van der Waals surface area contributed by atoms with E-state index in [1.165, 1.54) is 0 Å². The van der Waals surface area contributed by atoms with Crippen LogP contribution in [0.5, 0.6) is 0 Å². The summed E-state index contributed by atoms with van der Waals surface area (Å²) in [6.07, 6.45) is -8.52. The first kappa shape index (κ1) is 19.9. The summed E-state index contributed by atoms with van der Waals surface area (Å²) in [5.74, 6) is -24.3. The van der Waals surface area contributed by atoms with E-state index in [1.54, 1.807) is 0 Å². The SMILES string of the molecule is FC(F)=C(F)C(F)(F)C(F)(F)C(F)(F)C(F)C(Cl)(Cl)Cl. The van der Waals surface area contributed by atoms with Crippen molar-refractivity contribution in [2.24, 2.45) is 0 Å². The molecular formula is C7HCl3F10. The van der Waals surface area contributed by atoms with Crippen molar-refractivity contribution < 1.29 is 43.9 Å². The van der Waals surface area contributed by atoms with Crippen LogP contribution in [-0.2, 0) is 0 Å². The van der Waals surface area contributed by atoms with E-state index in [2.05, 4.69) is 34.8 Å². The Labute approximate surface area is 119 Å². The van der Waals surface area contributed by atoms with Crippen LogP contribution in [0.4, 0.5) is 43.9 Å². The molecule has 0 N–H and O–H groups in total. The Balaban J connectivity index is 5.92. The van der Waals surface area contributed by atoms with Crippen LogP contribution in [0.1, 0.15) is 0 Å². The van der Waals surface area contributed by atoms with Crippen LogP contribution in [0.2, 0.25) is 0 Å². The molecule has 0 saturated carbocycles. The third-order valence-corrected chi connectivity index (χ3v) is 2.44. The molecule has 0 radical (unpaired) electrons. The Kier molecular flexibility index (Phi) is 5.58. The zero-order valence-corrected chi connectivity index (χ0v) is 10.8. The largest absolute Gasteiger partial charge is 0.382 e. The number of rotatable bonds is 4. The fourth-order valence-electron chi connectivity index (χ4n) is 0.831. The summed E-state index contributed by atoms with van der Waals surface area (Å²) in [4.78, 5) is 0. The maximum atomic E-state index is 12.9. The molecule has 0 bridgehead atoms. The summed E-state index contributed by atoms with van der Waals surface area (Å²) in [5.41, 5.74) is 0. The fourth-order valence-corrected chi connectivity index (χ4v) is 1.24. The van der Waals surface area contributed by atoms with Gasteiger partial charge in [-0.05, 0) is 0 Å². The highest BCUT2D eigenvalue weighted by Gasteiger charge is 2.79. The Morgan fingerprint density at radius 2 is 1.15 bits per heavy atom. The smallest absolute Gasteiger partial charge is 0.236 e. The third kappa shape index (κ3) is 3.22. The molecule has 0 aliphatic carbocycles. The first-order valence-electron chi connectivity index (χ1n) is 4.06. The molecule has 0 aliphatic heterocycles. The predicted molar refractivity (Wildman–Crippen MR) is 50.4 cm³/mol. The Morgan fingerprint density at radius 3 is 1.40 bits per heavy atom. The standard InChI is InChI=1S/C7HCl3F10/c8-6(9,10)3(14)5(17,18)7(19,20)4(15,16)1(11)2(12)13/h3H. The second kappa shape index (κ2) is 5.60.